The smallest absolute Gasteiger partial charge is 0.263 e. The van der Waals surface area contributed by atoms with Gasteiger partial charge in [-0.1, -0.05) is 44.5 Å². The minimum absolute atomic E-state index is 0.0136. The zero-order valence-electron chi connectivity index (χ0n) is 25.6. The highest BCUT2D eigenvalue weighted by molar-refractivity contribution is 6.74. The summed E-state index contributed by atoms with van der Waals surface area (Å²) in [4.78, 5) is 36.4. The number of hydrogen-bond acceptors (Lipinski definition) is 6. The van der Waals surface area contributed by atoms with Crippen molar-refractivity contribution in [2.24, 2.45) is 0 Å². The Labute approximate surface area is 253 Å². The molecule has 4 aromatic rings. The van der Waals surface area contributed by atoms with Gasteiger partial charge in [0.25, 0.3) is 5.56 Å². The first kappa shape index (κ1) is 31.4. The first-order valence-electron chi connectivity index (χ1n) is 14.1. The zero-order valence-corrected chi connectivity index (χ0v) is 27.4. The number of aromatic nitrogens is 3. The Kier molecular flexibility index (Phi) is 9.25. The second-order valence-corrected chi connectivity index (χ2v) is 17.6. The molecule has 4 rings (SSSR count). The summed E-state index contributed by atoms with van der Waals surface area (Å²) in [6.45, 7) is 15.1. The molecule has 0 aliphatic heterocycles. The molecule has 2 aromatic heterocycles. The van der Waals surface area contributed by atoms with Gasteiger partial charge >= 0.3 is 0 Å². The van der Waals surface area contributed by atoms with E-state index in [1.807, 2.05) is 63.4 Å². The van der Waals surface area contributed by atoms with E-state index in [4.69, 9.17) is 21.0 Å². The fourth-order valence-corrected chi connectivity index (χ4v) is 5.69. The van der Waals surface area contributed by atoms with E-state index in [0.717, 1.165) is 16.7 Å². The molecule has 0 unspecified atom stereocenters. The average molecular weight is 606 g/mol. The van der Waals surface area contributed by atoms with E-state index >= 15 is 0 Å². The standard InChI is InChI=1S/C32H40ClN5O3Si/c1-20(2)36-28(39)19-38-30(22-10-9-11-26(15-22)41-42(7,8)32(3,4)5)37-29-27(31(38)40)16-24(18-35-29)23-12-21(17-34-6)13-25(33)14-23/h9-16,18,20,34H,17,19H2,1-8H3,(H,36,39). The van der Waals surface area contributed by atoms with Crippen LogP contribution in [-0.4, -0.2) is 41.8 Å². The van der Waals surface area contributed by atoms with Crippen molar-refractivity contribution in [1.82, 2.24) is 25.2 Å². The highest BCUT2D eigenvalue weighted by atomic mass is 35.5. The lowest BCUT2D eigenvalue weighted by molar-refractivity contribution is -0.122. The van der Waals surface area contributed by atoms with Crippen molar-refractivity contribution in [3.8, 4) is 28.3 Å². The van der Waals surface area contributed by atoms with E-state index in [2.05, 4.69) is 49.5 Å². The molecule has 0 saturated carbocycles. The van der Waals surface area contributed by atoms with Crippen LogP contribution in [0.15, 0.2) is 59.5 Å². The van der Waals surface area contributed by atoms with Crippen molar-refractivity contribution in [3.05, 3.63) is 75.7 Å². The number of nitrogens with zero attached hydrogens (tertiary/aromatic N) is 3. The van der Waals surface area contributed by atoms with Crippen molar-refractivity contribution in [2.45, 2.75) is 71.9 Å². The van der Waals surface area contributed by atoms with Gasteiger partial charge in [-0.3, -0.25) is 14.2 Å². The third-order valence-electron chi connectivity index (χ3n) is 7.50. The lowest BCUT2D eigenvalue weighted by Gasteiger charge is -2.36. The van der Waals surface area contributed by atoms with E-state index < -0.39 is 8.32 Å². The minimum Gasteiger partial charge on any atom is -0.543 e. The van der Waals surface area contributed by atoms with Gasteiger partial charge in [-0.25, -0.2) is 9.97 Å². The summed E-state index contributed by atoms with van der Waals surface area (Å²) in [6.07, 6.45) is 1.69. The molecule has 2 heterocycles. The monoisotopic (exact) mass is 605 g/mol. The van der Waals surface area contributed by atoms with E-state index in [1.54, 1.807) is 12.3 Å². The van der Waals surface area contributed by atoms with Crippen LogP contribution >= 0.6 is 11.6 Å². The Morgan fingerprint density at radius 2 is 1.81 bits per heavy atom. The Morgan fingerprint density at radius 3 is 2.48 bits per heavy atom. The molecule has 8 nitrogen and oxygen atoms in total. The molecule has 0 aliphatic carbocycles. The maximum absolute atomic E-state index is 14.1. The molecule has 0 spiro atoms. The number of fused-ring (bicyclic) bond motifs is 1. The van der Waals surface area contributed by atoms with Crippen LogP contribution in [0.5, 0.6) is 5.75 Å². The van der Waals surface area contributed by atoms with E-state index in [0.29, 0.717) is 39.7 Å². The number of halogens is 1. The molecule has 0 fully saturated rings. The molecule has 42 heavy (non-hydrogen) atoms. The minimum atomic E-state index is -2.11. The largest absolute Gasteiger partial charge is 0.543 e. The van der Waals surface area contributed by atoms with Crippen LogP contribution in [0.25, 0.3) is 33.5 Å². The van der Waals surface area contributed by atoms with E-state index in [9.17, 15) is 9.59 Å². The summed E-state index contributed by atoms with van der Waals surface area (Å²) in [5.41, 5.74) is 3.20. The molecule has 0 saturated heterocycles. The van der Waals surface area contributed by atoms with Crippen molar-refractivity contribution in [2.75, 3.05) is 7.05 Å². The van der Waals surface area contributed by atoms with Crippen LogP contribution in [0, 0.1) is 0 Å². The Hall–Kier alpha value is -3.53. The second-order valence-electron chi connectivity index (χ2n) is 12.4. The van der Waals surface area contributed by atoms with Crippen molar-refractivity contribution in [1.29, 1.82) is 0 Å². The fourth-order valence-electron chi connectivity index (χ4n) is 4.41. The van der Waals surface area contributed by atoms with Gasteiger partial charge in [-0.15, -0.1) is 0 Å². The van der Waals surface area contributed by atoms with Crippen molar-refractivity contribution < 1.29 is 9.22 Å². The first-order chi connectivity index (χ1) is 19.7. The Balaban J connectivity index is 1.87. The topological polar surface area (TPSA) is 98.1 Å². The average Bonchev–Trinajstić information content (AvgIpc) is 2.88. The fraction of sp³-hybridized carbons (Fsp3) is 0.375. The predicted molar refractivity (Wildman–Crippen MR) is 174 cm³/mol. The summed E-state index contributed by atoms with van der Waals surface area (Å²) in [6, 6.07) is 15.0. The third kappa shape index (κ3) is 7.08. The summed E-state index contributed by atoms with van der Waals surface area (Å²) < 4.78 is 7.95. The summed E-state index contributed by atoms with van der Waals surface area (Å²) in [5.74, 6) is 0.776. The van der Waals surface area contributed by atoms with Crippen LogP contribution in [0.1, 0.15) is 40.2 Å². The quantitative estimate of drug-likeness (QED) is 0.214. The van der Waals surface area contributed by atoms with E-state index in [1.165, 1.54) is 4.57 Å². The van der Waals surface area contributed by atoms with Crippen LogP contribution in [-0.2, 0) is 17.9 Å². The highest BCUT2D eigenvalue weighted by Gasteiger charge is 2.39. The Bertz CT molecular complexity index is 1680. The van der Waals surface area contributed by atoms with Crippen molar-refractivity contribution >= 4 is 36.9 Å². The molecule has 0 radical (unpaired) electrons. The Morgan fingerprint density at radius 1 is 1.07 bits per heavy atom. The predicted octanol–water partition coefficient (Wildman–Crippen LogP) is 6.41. The maximum atomic E-state index is 14.1. The number of benzene rings is 2. The van der Waals surface area contributed by atoms with Gasteiger partial charge in [-0.05, 0) is 86.6 Å². The molecule has 222 valence electrons. The molecule has 2 aromatic carbocycles. The van der Waals surface area contributed by atoms with Gasteiger partial charge < -0.3 is 15.1 Å². The molecule has 1 amide bonds. The maximum Gasteiger partial charge on any atom is 0.263 e. The normalized spacial score (nSPS) is 12.1. The molecule has 0 atom stereocenters. The van der Waals surface area contributed by atoms with Crippen LogP contribution < -0.4 is 20.6 Å². The number of hydrogen-bond donors (Lipinski definition) is 2. The van der Waals surface area contributed by atoms with Gasteiger partial charge in [0.1, 0.15) is 18.1 Å². The number of nitrogens with one attached hydrogen (secondary N) is 2. The molecule has 2 N–H and O–H groups in total. The van der Waals surface area contributed by atoms with Crippen molar-refractivity contribution in [3.63, 3.8) is 0 Å². The molecule has 0 bridgehead atoms. The number of carbonyl (C=O) groups excluding carboxylic acids is 1. The molecule has 10 heteroatoms. The van der Waals surface area contributed by atoms with E-state index in [-0.39, 0.29) is 29.1 Å². The lowest BCUT2D eigenvalue weighted by Crippen LogP contribution is -2.43. The third-order valence-corrected chi connectivity index (χ3v) is 12.1. The van der Waals surface area contributed by atoms with Gasteiger partial charge in [-0.2, -0.15) is 0 Å². The molecular weight excluding hydrogens is 566 g/mol. The highest BCUT2D eigenvalue weighted by Crippen LogP contribution is 2.38. The number of amides is 1. The number of carbonyl (C=O) groups is 1. The summed E-state index contributed by atoms with van der Waals surface area (Å²) in [5, 5.41) is 6.94. The molecular formula is C32H40ClN5O3Si. The lowest BCUT2D eigenvalue weighted by atomic mass is 10.0. The summed E-state index contributed by atoms with van der Waals surface area (Å²) >= 11 is 6.40. The van der Waals surface area contributed by atoms with Crippen LogP contribution in [0.3, 0.4) is 0 Å². The summed E-state index contributed by atoms with van der Waals surface area (Å²) in [7, 11) is -0.244. The SMILES string of the molecule is CNCc1cc(Cl)cc(-c2cnc3nc(-c4cccc(O[Si](C)(C)C(C)(C)C)c4)n(CC(=O)NC(C)C)c(=O)c3c2)c1. The van der Waals surface area contributed by atoms with Gasteiger partial charge in [0.2, 0.25) is 14.2 Å². The van der Waals surface area contributed by atoms with Gasteiger partial charge in [0.15, 0.2) is 5.65 Å². The molecule has 0 aliphatic rings. The van der Waals surface area contributed by atoms with Crippen LogP contribution in [0.2, 0.25) is 23.2 Å². The number of pyridine rings is 1. The second kappa shape index (κ2) is 12.4. The van der Waals surface area contributed by atoms with Gasteiger partial charge in [0.05, 0.1) is 5.39 Å². The number of rotatable bonds is 9. The zero-order chi connectivity index (χ0) is 30.8. The first-order valence-corrected chi connectivity index (χ1v) is 17.4. The van der Waals surface area contributed by atoms with Crippen LogP contribution in [0.4, 0.5) is 0 Å². The van der Waals surface area contributed by atoms with Gasteiger partial charge in [0, 0.05) is 34.9 Å².